The Labute approximate surface area is 167 Å². The zero-order valence-corrected chi connectivity index (χ0v) is 16.0. The minimum Gasteiger partial charge on any atom is -0.396 e. The Morgan fingerprint density at radius 2 is 1.93 bits per heavy atom. The van der Waals surface area contributed by atoms with E-state index in [1.165, 1.54) is 12.1 Å². The molecule has 0 unspecified atom stereocenters. The Morgan fingerprint density at radius 3 is 2.55 bits per heavy atom. The van der Waals surface area contributed by atoms with Crippen LogP contribution in [0.1, 0.15) is 43.2 Å². The molecule has 6 nitrogen and oxygen atoms in total. The van der Waals surface area contributed by atoms with Gasteiger partial charge in [-0.2, -0.15) is 13.2 Å². The molecule has 0 spiro atoms. The summed E-state index contributed by atoms with van der Waals surface area (Å²) < 4.78 is 43.6. The lowest BCUT2D eigenvalue weighted by atomic mass is 9.74. The largest absolute Gasteiger partial charge is 0.416 e. The molecular formula is C20H25F3N2O4. The second kappa shape index (κ2) is 9.13. The number of aliphatic hydroxyl groups is 1. The molecule has 2 aliphatic heterocycles. The fourth-order valence-electron chi connectivity index (χ4n) is 3.75. The van der Waals surface area contributed by atoms with Gasteiger partial charge in [0.15, 0.2) is 0 Å². The molecule has 0 aliphatic carbocycles. The number of hydrogen-bond acceptors (Lipinski definition) is 5. The van der Waals surface area contributed by atoms with Crippen LogP contribution < -0.4 is 5.32 Å². The first-order valence-corrected chi connectivity index (χ1v) is 9.71. The van der Waals surface area contributed by atoms with Gasteiger partial charge in [-0.25, -0.2) is 0 Å². The van der Waals surface area contributed by atoms with Gasteiger partial charge in [0.25, 0.3) is 0 Å². The van der Waals surface area contributed by atoms with Crippen LogP contribution in [0.15, 0.2) is 29.4 Å². The zero-order chi connectivity index (χ0) is 20.9. The fourth-order valence-corrected chi connectivity index (χ4v) is 3.75. The smallest absolute Gasteiger partial charge is 0.396 e. The lowest BCUT2D eigenvalue weighted by Crippen LogP contribution is -2.47. The number of nitrogens with zero attached hydrogens (tertiary/aromatic N) is 1. The molecule has 0 bridgehead atoms. The molecule has 0 aromatic heterocycles. The van der Waals surface area contributed by atoms with Crippen molar-refractivity contribution in [2.75, 3.05) is 26.4 Å². The lowest BCUT2D eigenvalue weighted by molar-refractivity contribution is -0.140. The molecule has 1 amide bonds. The first-order chi connectivity index (χ1) is 13.8. The minimum atomic E-state index is -4.38. The van der Waals surface area contributed by atoms with Crippen molar-refractivity contribution in [3.05, 3.63) is 35.4 Å². The van der Waals surface area contributed by atoms with Gasteiger partial charge in [-0.3, -0.25) is 4.79 Å². The van der Waals surface area contributed by atoms with Crippen molar-refractivity contribution in [1.29, 1.82) is 0 Å². The van der Waals surface area contributed by atoms with Crippen molar-refractivity contribution < 1.29 is 32.6 Å². The maximum absolute atomic E-state index is 12.8. The molecule has 2 heterocycles. The van der Waals surface area contributed by atoms with Crippen LogP contribution in [0.25, 0.3) is 0 Å². The summed E-state index contributed by atoms with van der Waals surface area (Å²) in [5.41, 5.74) is -0.192. The monoisotopic (exact) mass is 414 g/mol. The van der Waals surface area contributed by atoms with Crippen molar-refractivity contribution in [1.82, 2.24) is 5.32 Å². The van der Waals surface area contributed by atoms with Gasteiger partial charge in [0.1, 0.15) is 6.10 Å². The number of alkyl halides is 3. The number of hydrogen-bond donors (Lipinski definition) is 2. The maximum Gasteiger partial charge on any atom is 0.416 e. The summed E-state index contributed by atoms with van der Waals surface area (Å²) in [6, 6.07) is 4.83. The van der Waals surface area contributed by atoms with Gasteiger partial charge in [0.2, 0.25) is 5.91 Å². The van der Waals surface area contributed by atoms with Crippen LogP contribution in [0.2, 0.25) is 0 Å². The van der Waals surface area contributed by atoms with Crippen molar-refractivity contribution in [3.63, 3.8) is 0 Å². The van der Waals surface area contributed by atoms with Crippen molar-refractivity contribution in [3.8, 4) is 0 Å². The van der Waals surface area contributed by atoms with E-state index in [1.54, 1.807) is 0 Å². The Bertz CT molecular complexity index is 728. The second-order valence-electron chi connectivity index (χ2n) is 7.47. The van der Waals surface area contributed by atoms with Gasteiger partial charge in [0.05, 0.1) is 16.7 Å². The molecule has 2 aliphatic rings. The number of ether oxygens (including phenoxy) is 1. The van der Waals surface area contributed by atoms with Gasteiger partial charge >= 0.3 is 6.18 Å². The zero-order valence-electron chi connectivity index (χ0n) is 16.0. The number of carbonyl (C=O) groups is 1. The Morgan fingerprint density at radius 1 is 1.24 bits per heavy atom. The lowest BCUT2D eigenvalue weighted by Gasteiger charge is -2.36. The molecule has 29 heavy (non-hydrogen) atoms. The second-order valence-corrected chi connectivity index (χ2v) is 7.47. The molecule has 1 atom stereocenters. The molecule has 0 radical (unpaired) electrons. The van der Waals surface area contributed by atoms with Crippen molar-refractivity contribution in [2.24, 2.45) is 10.6 Å². The number of halogens is 3. The summed E-state index contributed by atoms with van der Waals surface area (Å²) in [5, 5.41) is 15.8. The van der Waals surface area contributed by atoms with Crippen LogP contribution >= 0.6 is 0 Å². The molecule has 0 saturated carbocycles. The molecule has 1 saturated heterocycles. The molecule has 3 rings (SSSR count). The third kappa shape index (κ3) is 5.27. The predicted octanol–water partition coefficient (Wildman–Crippen LogP) is 2.88. The van der Waals surface area contributed by atoms with E-state index in [-0.39, 0.29) is 18.6 Å². The topological polar surface area (TPSA) is 80.2 Å². The van der Waals surface area contributed by atoms with Gasteiger partial charge in [0, 0.05) is 39.2 Å². The summed E-state index contributed by atoms with van der Waals surface area (Å²) in [6.07, 6.45) is -2.21. The standard InChI is InChI=1S/C20H25F3N2O4/c21-20(22,23)15-4-2-14(3-5-15)17-12-16(29-25-17)13-19(6-10-28-11-7-19)18(27)24-8-1-9-26/h2-5,16,26H,1,6-13H2,(H,24,27)/t16-/m0/s1. The van der Waals surface area contributed by atoms with Crippen LogP contribution in [0.5, 0.6) is 0 Å². The van der Waals surface area contributed by atoms with E-state index < -0.39 is 17.2 Å². The summed E-state index contributed by atoms with van der Waals surface area (Å²) in [6.45, 7) is 1.36. The summed E-state index contributed by atoms with van der Waals surface area (Å²) in [5.74, 6) is -0.0826. The van der Waals surface area contributed by atoms with Gasteiger partial charge in [-0.05, 0) is 37.0 Å². The van der Waals surface area contributed by atoms with Crippen LogP contribution in [-0.4, -0.2) is 49.2 Å². The molecule has 9 heteroatoms. The molecule has 2 N–H and O–H groups in total. The van der Waals surface area contributed by atoms with E-state index in [9.17, 15) is 18.0 Å². The molecule has 160 valence electrons. The minimum absolute atomic E-state index is 0.00640. The third-order valence-electron chi connectivity index (χ3n) is 5.45. The number of benzene rings is 1. The van der Waals surface area contributed by atoms with E-state index in [4.69, 9.17) is 14.7 Å². The Kier molecular flexibility index (Phi) is 6.79. The average Bonchev–Trinajstić information content (AvgIpc) is 3.16. The first kappa shape index (κ1) is 21.6. The summed E-state index contributed by atoms with van der Waals surface area (Å²) >= 11 is 0. The number of rotatable bonds is 7. The van der Waals surface area contributed by atoms with Crippen LogP contribution in [0.3, 0.4) is 0 Å². The van der Waals surface area contributed by atoms with Crippen LogP contribution in [0, 0.1) is 5.41 Å². The van der Waals surface area contributed by atoms with E-state index in [1.807, 2.05) is 0 Å². The van der Waals surface area contributed by atoms with Crippen molar-refractivity contribution >= 4 is 11.6 Å². The Hall–Kier alpha value is -2.13. The highest BCUT2D eigenvalue weighted by Crippen LogP contribution is 2.39. The highest BCUT2D eigenvalue weighted by Gasteiger charge is 2.43. The first-order valence-electron chi connectivity index (χ1n) is 9.71. The summed E-state index contributed by atoms with van der Waals surface area (Å²) in [4.78, 5) is 18.3. The predicted molar refractivity (Wildman–Crippen MR) is 99.3 cm³/mol. The van der Waals surface area contributed by atoms with E-state index in [0.29, 0.717) is 63.1 Å². The van der Waals surface area contributed by atoms with E-state index in [2.05, 4.69) is 10.5 Å². The Balaban J connectivity index is 1.63. The quantitative estimate of drug-likeness (QED) is 0.673. The van der Waals surface area contributed by atoms with Gasteiger partial charge in [-0.15, -0.1) is 0 Å². The molecule has 1 aromatic carbocycles. The highest BCUT2D eigenvalue weighted by atomic mass is 19.4. The van der Waals surface area contributed by atoms with Gasteiger partial charge in [-0.1, -0.05) is 17.3 Å². The van der Waals surface area contributed by atoms with Crippen molar-refractivity contribution in [2.45, 2.75) is 44.4 Å². The third-order valence-corrected chi connectivity index (χ3v) is 5.45. The SMILES string of the molecule is O=C(NCCCO)C1(C[C@@H]2CC(c3ccc(C(F)(F)F)cc3)=NO2)CCOCC1. The number of aliphatic hydroxyl groups excluding tert-OH is 1. The van der Waals surface area contributed by atoms with E-state index in [0.717, 1.165) is 12.1 Å². The molecular weight excluding hydrogens is 389 g/mol. The van der Waals surface area contributed by atoms with Crippen LogP contribution in [-0.2, 0) is 20.5 Å². The molecule has 1 fully saturated rings. The van der Waals surface area contributed by atoms with E-state index >= 15 is 0 Å². The highest BCUT2D eigenvalue weighted by molar-refractivity contribution is 6.01. The fraction of sp³-hybridized carbons (Fsp3) is 0.600. The molecule has 1 aromatic rings. The normalized spacial score (nSPS) is 21.4. The summed E-state index contributed by atoms with van der Waals surface area (Å²) in [7, 11) is 0. The number of oxime groups is 1. The number of amides is 1. The van der Waals surface area contributed by atoms with Gasteiger partial charge < -0.3 is 20.0 Å². The average molecular weight is 414 g/mol. The maximum atomic E-state index is 12.8. The number of carbonyl (C=O) groups excluding carboxylic acids is 1. The number of nitrogens with one attached hydrogen (secondary N) is 1. The van der Waals surface area contributed by atoms with Crippen LogP contribution in [0.4, 0.5) is 13.2 Å².